The fourth-order valence-electron chi connectivity index (χ4n) is 2.97. The molecule has 3 heterocycles. The Bertz CT molecular complexity index is 1190. The lowest BCUT2D eigenvalue weighted by Gasteiger charge is -2.08. The summed E-state index contributed by atoms with van der Waals surface area (Å²) in [5.74, 6) is -0.310. The maximum absolute atomic E-state index is 13.0. The molecule has 0 fully saturated rings. The van der Waals surface area contributed by atoms with Crippen molar-refractivity contribution in [3.8, 4) is 6.07 Å². The number of oxime groups is 1. The van der Waals surface area contributed by atoms with E-state index in [9.17, 15) is 9.18 Å². The molecular weight excluding hydrogens is 401 g/mol. The third-order valence-electron chi connectivity index (χ3n) is 4.53. The van der Waals surface area contributed by atoms with Crippen LogP contribution in [0.4, 0.5) is 4.39 Å². The average Bonchev–Trinajstić information content (AvgIpc) is 3.28. The fourth-order valence-corrected chi connectivity index (χ4v) is 2.97. The van der Waals surface area contributed by atoms with Crippen LogP contribution in [0.25, 0.3) is 0 Å². The van der Waals surface area contributed by atoms with Crippen LogP contribution < -0.4 is 5.32 Å². The summed E-state index contributed by atoms with van der Waals surface area (Å²) in [6.45, 7) is 1.92. The number of hydrogen-bond donors (Lipinski definition) is 1. The standard InChI is InChI=1S/C21H16FN7O2/c1-12-25-17(18-9-20(31-29-18)16-7-6-15(10-23)27-28-16)8-19(26-12)21(30)24-11-13-2-4-14(22)5-3-13/h2-8,20H,9,11H2,1H3,(H,24,30). The lowest BCUT2D eigenvalue weighted by atomic mass is 10.1. The molecule has 0 saturated heterocycles. The number of nitrogens with zero attached hydrogens (tertiary/aromatic N) is 6. The van der Waals surface area contributed by atoms with Crippen molar-refractivity contribution < 1.29 is 14.0 Å². The second kappa shape index (κ2) is 8.62. The molecule has 0 radical (unpaired) electrons. The molecule has 2 aromatic heterocycles. The summed E-state index contributed by atoms with van der Waals surface area (Å²) in [5.41, 5.74) is 2.73. The van der Waals surface area contributed by atoms with Crippen molar-refractivity contribution in [3.63, 3.8) is 0 Å². The van der Waals surface area contributed by atoms with Crippen LogP contribution in [-0.4, -0.2) is 31.8 Å². The molecule has 0 bridgehead atoms. The number of hydrogen-bond acceptors (Lipinski definition) is 8. The normalized spacial score (nSPS) is 15.0. The number of nitriles is 1. The first-order valence-corrected chi connectivity index (χ1v) is 9.37. The van der Waals surface area contributed by atoms with E-state index < -0.39 is 6.10 Å². The van der Waals surface area contributed by atoms with Crippen molar-refractivity contribution in [3.05, 3.63) is 82.4 Å². The van der Waals surface area contributed by atoms with Gasteiger partial charge in [0.25, 0.3) is 5.91 Å². The van der Waals surface area contributed by atoms with Gasteiger partial charge in [-0.3, -0.25) is 4.79 Å². The van der Waals surface area contributed by atoms with E-state index in [2.05, 4.69) is 30.6 Å². The molecular formula is C21H16FN7O2. The highest BCUT2D eigenvalue weighted by molar-refractivity contribution is 6.01. The second-order valence-electron chi connectivity index (χ2n) is 6.79. The Morgan fingerprint density at radius 2 is 2.03 bits per heavy atom. The highest BCUT2D eigenvalue weighted by atomic mass is 19.1. The Morgan fingerprint density at radius 1 is 1.23 bits per heavy atom. The number of amides is 1. The summed E-state index contributed by atoms with van der Waals surface area (Å²) in [5, 5.41) is 23.5. The zero-order valence-corrected chi connectivity index (χ0v) is 16.4. The number of carbonyl (C=O) groups excluding carboxylic acids is 1. The number of halogens is 1. The molecule has 1 N–H and O–H groups in total. The number of nitrogens with one attached hydrogen (secondary N) is 1. The van der Waals surface area contributed by atoms with E-state index in [1.54, 1.807) is 37.3 Å². The fraction of sp³-hybridized carbons (Fsp3) is 0.190. The number of carbonyl (C=O) groups is 1. The van der Waals surface area contributed by atoms with Crippen LogP contribution in [0.3, 0.4) is 0 Å². The topological polar surface area (TPSA) is 126 Å². The van der Waals surface area contributed by atoms with Gasteiger partial charge in [-0.25, -0.2) is 14.4 Å². The second-order valence-corrected chi connectivity index (χ2v) is 6.79. The Kier molecular flexibility index (Phi) is 5.57. The molecule has 10 heteroatoms. The molecule has 1 aliphatic rings. The maximum Gasteiger partial charge on any atom is 0.270 e. The third-order valence-corrected chi connectivity index (χ3v) is 4.53. The van der Waals surface area contributed by atoms with Crippen molar-refractivity contribution in [2.24, 2.45) is 5.16 Å². The molecule has 9 nitrogen and oxygen atoms in total. The van der Waals surface area contributed by atoms with Crippen LogP contribution in [0.15, 0.2) is 47.6 Å². The highest BCUT2D eigenvalue weighted by Crippen LogP contribution is 2.27. The van der Waals surface area contributed by atoms with Gasteiger partial charge in [0, 0.05) is 13.0 Å². The van der Waals surface area contributed by atoms with Gasteiger partial charge in [-0.1, -0.05) is 17.3 Å². The zero-order chi connectivity index (χ0) is 21.8. The summed E-state index contributed by atoms with van der Waals surface area (Å²) in [6.07, 6.45) is -0.0745. The van der Waals surface area contributed by atoms with Crippen LogP contribution in [0, 0.1) is 24.1 Å². The van der Waals surface area contributed by atoms with Crippen molar-refractivity contribution in [2.45, 2.75) is 26.0 Å². The largest absolute Gasteiger partial charge is 0.385 e. The number of benzene rings is 1. The van der Waals surface area contributed by atoms with Gasteiger partial charge >= 0.3 is 0 Å². The minimum Gasteiger partial charge on any atom is -0.385 e. The van der Waals surface area contributed by atoms with E-state index in [4.69, 9.17) is 10.1 Å². The molecule has 1 atom stereocenters. The van der Waals surface area contributed by atoms with Crippen LogP contribution in [0.2, 0.25) is 0 Å². The van der Waals surface area contributed by atoms with Gasteiger partial charge in [0.1, 0.15) is 34.8 Å². The summed E-state index contributed by atoms with van der Waals surface area (Å²) < 4.78 is 13.0. The minimum atomic E-state index is -0.457. The molecule has 3 aromatic rings. The molecule has 154 valence electrons. The van der Waals surface area contributed by atoms with E-state index in [0.29, 0.717) is 29.3 Å². The lowest BCUT2D eigenvalue weighted by molar-refractivity contribution is 0.0818. The lowest BCUT2D eigenvalue weighted by Crippen LogP contribution is -2.25. The van der Waals surface area contributed by atoms with Crippen molar-refractivity contribution >= 4 is 11.6 Å². The molecule has 0 spiro atoms. The van der Waals surface area contributed by atoms with E-state index in [0.717, 1.165) is 5.56 Å². The van der Waals surface area contributed by atoms with E-state index >= 15 is 0 Å². The van der Waals surface area contributed by atoms with Crippen LogP contribution in [-0.2, 0) is 11.4 Å². The predicted octanol–water partition coefficient (Wildman–Crippen LogP) is 2.38. The molecule has 1 aliphatic heterocycles. The number of aryl methyl sites for hydroxylation is 1. The SMILES string of the molecule is Cc1nc(C(=O)NCc2ccc(F)cc2)cc(C2=NOC(c3ccc(C#N)nn3)C2)n1. The van der Waals surface area contributed by atoms with Crippen molar-refractivity contribution in [1.29, 1.82) is 5.26 Å². The van der Waals surface area contributed by atoms with Gasteiger partial charge in [0.15, 0.2) is 11.8 Å². The average molecular weight is 417 g/mol. The first kappa shape index (κ1) is 20.0. The third kappa shape index (κ3) is 4.67. The monoisotopic (exact) mass is 417 g/mol. The Balaban J connectivity index is 1.45. The Morgan fingerprint density at radius 3 is 2.74 bits per heavy atom. The van der Waals surface area contributed by atoms with Gasteiger partial charge in [0.2, 0.25) is 0 Å². The van der Waals surface area contributed by atoms with Crippen molar-refractivity contribution in [2.75, 3.05) is 0 Å². The molecule has 0 saturated carbocycles. The zero-order valence-electron chi connectivity index (χ0n) is 16.4. The van der Waals surface area contributed by atoms with Gasteiger partial charge in [0.05, 0.1) is 5.69 Å². The number of rotatable bonds is 5. The number of aromatic nitrogens is 4. The summed E-state index contributed by atoms with van der Waals surface area (Å²) in [4.78, 5) is 26.6. The van der Waals surface area contributed by atoms with Crippen LogP contribution >= 0.6 is 0 Å². The first-order valence-electron chi connectivity index (χ1n) is 9.37. The maximum atomic E-state index is 13.0. The molecule has 1 amide bonds. The predicted molar refractivity (Wildman–Crippen MR) is 106 cm³/mol. The Hall–Kier alpha value is -4.26. The van der Waals surface area contributed by atoms with Gasteiger partial charge in [-0.05, 0) is 42.8 Å². The molecule has 0 aliphatic carbocycles. The van der Waals surface area contributed by atoms with E-state index in [1.165, 1.54) is 12.1 Å². The first-order chi connectivity index (χ1) is 15.0. The summed E-state index contributed by atoms with van der Waals surface area (Å²) in [7, 11) is 0. The smallest absolute Gasteiger partial charge is 0.270 e. The molecule has 1 aromatic carbocycles. The van der Waals surface area contributed by atoms with Gasteiger partial charge in [-0.15, -0.1) is 5.10 Å². The minimum absolute atomic E-state index is 0.189. The quantitative estimate of drug-likeness (QED) is 0.675. The Labute approximate surface area is 176 Å². The molecule has 1 unspecified atom stereocenters. The van der Waals surface area contributed by atoms with Crippen LogP contribution in [0.5, 0.6) is 0 Å². The van der Waals surface area contributed by atoms with Gasteiger partial charge in [-0.2, -0.15) is 10.4 Å². The van der Waals surface area contributed by atoms with Crippen LogP contribution in [0.1, 0.15) is 51.5 Å². The summed E-state index contributed by atoms with van der Waals surface area (Å²) >= 11 is 0. The van der Waals surface area contributed by atoms with Crippen molar-refractivity contribution in [1.82, 2.24) is 25.5 Å². The summed E-state index contributed by atoms with van der Waals surface area (Å²) in [6, 6.07) is 12.5. The van der Waals surface area contributed by atoms with E-state index in [-0.39, 0.29) is 29.7 Å². The molecule has 31 heavy (non-hydrogen) atoms. The van der Waals surface area contributed by atoms with E-state index in [1.807, 2.05) is 6.07 Å². The highest BCUT2D eigenvalue weighted by Gasteiger charge is 2.27. The molecule has 4 rings (SSSR count). The van der Waals surface area contributed by atoms with Gasteiger partial charge < -0.3 is 10.2 Å².